The Morgan fingerprint density at radius 2 is 1.06 bits per heavy atom. The van der Waals surface area contributed by atoms with Gasteiger partial charge in [-0.1, -0.05) is 0 Å². The molecule has 0 aromatic carbocycles. The third kappa shape index (κ3) is 11.2. The number of aromatic nitrogens is 2. The minimum atomic E-state index is -4.55. The molecule has 2 fully saturated rings. The number of halogens is 6. The van der Waals surface area contributed by atoms with Crippen molar-refractivity contribution in [2.45, 2.75) is 90.9 Å². The number of rotatable bonds is 10. The Hall–Kier alpha value is -3.66. The largest absolute Gasteiger partial charge is 0.476 e. The summed E-state index contributed by atoms with van der Waals surface area (Å²) < 4.78 is 88.3. The fourth-order valence-electron chi connectivity index (χ4n) is 5.43. The highest BCUT2D eigenvalue weighted by Crippen LogP contribution is 2.36. The Kier molecular flexibility index (Phi) is 13.2. The van der Waals surface area contributed by atoms with E-state index < -0.39 is 46.1 Å². The van der Waals surface area contributed by atoms with Crippen molar-refractivity contribution in [1.82, 2.24) is 30.4 Å². The summed E-state index contributed by atoms with van der Waals surface area (Å²) in [6.45, 7) is 11.8. The molecule has 0 unspecified atom stereocenters. The molecule has 2 aromatic heterocycles. The molecule has 4 rings (SSSR count). The second kappa shape index (κ2) is 16.1. The molecular weight excluding hydrogens is 670 g/mol. The third-order valence-electron chi connectivity index (χ3n) is 8.97. The van der Waals surface area contributed by atoms with Gasteiger partial charge in [0.1, 0.15) is 24.3 Å². The van der Waals surface area contributed by atoms with Gasteiger partial charge >= 0.3 is 12.4 Å². The molecule has 0 aliphatic carbocycles. The number of pyridine rings is 2. The number of hydrogen-bond donors (Lipinski definition) is 2. The Labute approximate surface area is 289 Å². The van der Waals surface area contributed by atoms with E-state index in [9.17, 15) is 35.9 Å². The van der Waals surface area contributed by atoms with Crippen molar-refractivity contribution in [3.8, 4) is 11.8 Å². The smallest absolute Gasteiger partial charge is 0.421 e. The maximum Gasteiger partial charge on any atom is 0.421 e. The minimum Gasteiger partial charge on any atom is -0.476 e. The molecule has 0 radical (unpaired) electrons. The summed E-state index contributed by atoms with van der Waals surface area (Å²) in [5, 5.41) is 5.92. The summed E-state index contributed by atoms with van der Waals surface area (Å²) in [6.07, 6.45) is -4.96. The number of nitrogens with zero attached hydrogens (tertiary/aromatic N) is 4. The van der Waals surface area contributed by atoms with Crippen molar-refractivity contribution in [2.75, 3.05) is 40.4 Å². The topological polar surface area (TPSA) is 109 Å². The molecular formula is C34H48F6N6O4. The lowest BCUT2D eigenvalue weighted by molar-refractivity contribution is -0.141. The zero-order valence-electron chi connectivity index (χ0n) is 29.7. The maximum atomic E-state index is 13.0. The van der Waals surface area contributed by atoms with Gasteiger partial charge in [-0.05, 0) is 92.7 Å². The fourth-order valence-corrected chi connectivity index (χ4v) is 5.43. The first kappa shape index (κ1) is 40.8. The zero-order chi connectivity index (χ0) is 37.7. The van der Waals surface area contributed by atoms with Crippen LogP contribution in [0.15, 0.2) is 36.7 Å². The molecule has 4 atom stereocenters. The van der Waals surface area contributed by atoms with Gasteiger partial charge in [-0.15, -0.1) is 0 Å². The Balaban J connectivity index is 0.000000270. The molecule has 0 spiro atoms. The summed E-state index contributed by atoms with van der Waals surface area (Å²) in [5.41, 5.74) is -3.86. The molecule has 2 aliphatic heterocycles. The van der Waals surface area contributed by atoms with E-state index >= 15 is 0 Å². The number of likely N-dealkylation sites (tertiary alicyclic amines) is 2. The number of amides is 2. The molecule has 2 N–H and O–H groups in total. The average Bonchev–Trinajstić information content (AvgIpc) is 3.51. The maximum absolute atomic E-state index is 13.0. The molecule has 4 heterocycles. The summed E-state index contributed by atoms with van der Waals surface area (Å²) in [6, 6.07) is 5.05. The van der Waals surface area contributed by atoms with E-state index in [1.807, 2.05) is 14.1 Å². The number of ether oxygens (including phenoxy) is 2. The number of hydrogen-bond acceptors (Lipinski definition) is 8. The van der Waals surface area contributed by atoms with Gasteiger partial charge in [-0.2, -0.15) is 26.3 Å². The monoisotopic (exact) mass is 718 g/mol. The number of alkyl halides is 6. The average molecular weight is 719 g/mol. The summed E-state index contributed by atoms with van der Waals surface area (Å²) in [5.74, 6) is -1.51. The fraction of sp³-hybridized carbons (Fsp3) is 0.647. The number of likely N-dealkylation sites (N-methyl/N-ethyl adjacent to an activating group) is 2. The van der Waals surface area contributed by atoms with Gasteiger partial charge in [-0.3, -0.25) is 9.59 Å². The number of nitrogens with one attached hydrogen (secondary N) is 2. The first-order valence-corrected chi connectivity index (χ1v) is 16.3. The highest BCUT2D eigenvalue weighted by Gasteiger charge is 2.39. The third-order valence-corrected chi connectivity index (χ3v) is 8.97. The first-order chi connectivity index (χ1) is 23.0. The predicted octanol–water partition coefficient (Wildman–Crippen LogP) is 5.43. The van der Waals surface area contributed by atoms with Crippen molar-refractivity contribution in [3.05, 3.63) is 47.8 Å². The van der Waals surface area contributed by atoms with E-state index in [0.29, 0.717) is 12.1 Å². The lowest BCUT2D eigenvalue weighted by atomic mass is 9.93. The standard InChI is InChI=1S/2C17H24F3N3O2/c2*1-11-8-12(9-23(11)4)22-15(24)16(2,3)10-25-14-13(17(18,19)20)6-5-7-21-14/h2*5-7,11-12H,8-10H2,1-4H3,(H,22,24)/t2*11-,12-/m10/s1. The van der Waals surface area contributed by atoms with Crippen molar-refractivity contribution in [2.24, 2.45) is 10.8 Å². The zero-order valence-corrected chi connectivity index (χ0v) is 29.7. The Morgan fingerprint density at radius 1 is 0.720 bits per heavy atom. The summed E-state index contributed by atoms with van der Waals surface area (Å²) in [7, 11) is 3.98. The lowest BCUT2D eigenvalue weighted by Crippen LogP contribution is -2.46. The Morgan fingerprint density at radius 3 is 1.34 bits per heavy atom. The van der Waals surface area contributed by atoms with E-state index in [-0.39, 0.29) is 37.1 Å². The van der Waals surface area contributed by atoms with Gasteiger partial charge in [0.2, 0.25) is 23.6 Å². The van der Waals surface area contributed by atoms with Crippen molar-refractivity contribution in [1.29, 1.82) is 0 Å². The van der Waals surface area contributed by atoms with Gasteiger partial charge < -0.3 is 29.9 Å². The highest BCUT2D eigenvalue weighted by atomic mass is 19.4. The van der Waals surface area contributed by atoms with Crippen LogP contribution in [0.1, 0.15) is 65.5 Å². The van der Waals surface area contributed by atoms with Crippen LogP contribution in [0.4, 0.5) is 26.3 Å². The van der Waals surface area contributed by atoms with Crippen LogP contribution in [0.3, 0.4) is 0 Å². The van der Waals surface area contributed by atoms with Crippen LogP contribution in [-0.4, -0.2) is 96.1 Å². The van der Waals surface area contributed by atoms with Crippen LogP contribution in [-0.2, 0) is 21.9 Å². The van der Waals surface area contributed by atoms with E-state index in [4.69, 9.17) is 9.47 Å². The van der Waals surface area contributed by atoms with E-state index in [2.05, 4.69) is 44.2 Å². The van der Waals surface area contributed by atoms with Gasteiger partial charge in [0.05, 0.1) is 10.8 Å². The molecule has 50 heavy (non-hydrogen) atoms. The molecule has 16 heteroatoms. The Bertz CT molecular complexity index is 1330. The molecule has 0 bridgehead atoms. The van der Waals surface area contributed by atoms with Gasteiger partial charge in [-0.25, -0.2) is 9.97 Å². The highest BCUT2D eigenvalue weighted by molar-refractivity contribution is 5.82. The molecule has 2 aliphatic rings. The van der Waals surface area contributed by atoms with Crippen molar-refractivity contribution in [3.63, 3.8) is 0 Å². The number of carbonyl (C=O) groups is 2. The van der Waals surface area contributed by atoms with Crippen LogP contribution in [0.2, 0.25) is 0 Å². The molecule has 10 nitrogen and oxygen atoms in total. The quantitative estimate of drug-likeness (QED) is 0.314. The lowest BCUT2D eigenvalue weighted by Gasteiger charge is -2.26. The molecule has 2 amide bonds. The van der Waals surface area contributed by atoms with E-state index in [1.165, 1.54) is 24.5 Å². The van der Waals surface area contributed by atoms with Crippen molar-refractivity contribution < 1.29 is 45.4 Å². The van der Waals surface area contributed by atoms with Crippen molar-refractivity contribution >= 4 is 11.8 Å². The van der Waals surface area contributed by atoms with Crippen LogP contribution >= 0.6 is 0 Å². The van der Waals surface area contributed by atoms with E-state index in [0.717, 1.165) is 38.1 Å². The van der Waals surface area contributed by atoms with Crippen LogP contribution in [0.25, 0.3) is 0 Å². The molecule has 0 saturated carbocycles. The molecule has 2 saturated heterocycles. The second-order valence-electron chi connectivity index (χ2n) is 14.4. The van der Waals surface area contributed by atoms with Crippen LogP contribution < -0.4 is 20.1 Å². The van der Waals surface area contributed by atoms with Gasteiger partial charge in [0.25, 0.3) is 0 Å². The van der Waals surface area contributed by atoms with Gasteiger partial charge in [0.15, 0.2) is 0 Å². The molecule has 280 valence electrons. The van der Waals surface area contributed by atoms with E-state index in [1.54, 1.807) is 27.7 Å². The summed E-state index contributed by atoms with van der Waals surface area (Å²) in [4.78, 5) is 36.6. The van der Waals surface area contributed by atoms with Crippen LogP contribution in [0, 0.1) is 10.8 Å². The summed E-state index contributed by atoms with van der Waals surface area (Å²) >= 11 is 0. The predicted molar refractivity (Wildman–Crippen MR) is 174 cm³/mol. The van der Waals surface area contributed by atoms with Crippen LogP contribution in [0.5, 0.6) is 11.8 Å². The normalized spacial score (nSPS) is 22.0. The second-order valence-corrected chi connectivity index (χ2v) is 14.4. The first-order valence-electron chi connectivity index (χ1n) is 16.3. The molecule has 2 aromatic rings. The minimum absolute atomic E-state index is 0.0346. The number of carbonyl (C=O) groups excluding carboxylic acids is 2. The van der Waals surface area contributed by atoms with Gasteiger partial charge in [0, 0.05) is 49.7 Å². The SMILES string of the molecule is C[C@@H]1C[C@@H](NC(=O)C(C)(C)COc2ncccc2C(F)(F)F)CN1C.C[C@H]1C[C@H](NC(=O)C(C)(C)COc2ncccc2C(F)(F)F)CN1C.